The summed E-state index contributed by atoms with van der Waals surface area (Å²) in [4.78, 5) is 32.5. The number of rotatable bonds is 0. The zero-order chi connectivity index (χ0) is 18.4. The van der Waals surface area contributed by atoms with Gasteiger partial charge in [-0.3, -0.25) is 14.9 Å². The van der Waals surface area contributed by atoms with Gasteiger partial charge in [0.1, 0.15) is 0 Å². The number of para-hydroxylation sites is 2. The highest BCUT2D eigenvalue weighted by atomic mass is 16.2. The molecule has 0 atom stereocenters. The number of H-pyrrole nitrogens is 2. The highest BCUT2D eigenvalue weighted by Crippen LogP contribution is 2.42. The van der Waals surface area contributed by atoms with Gasteiger partial charge in [-0.15, -0.1) is 0 Å². The van der Waals surface area contributed by atoms with Crippen molar-refractivity contribution in [3.05, 3.63) is 58.7 Å². The molecule has 0 bridgehead atoms. The van der Waals surface area contributed by atoms with E-state index in [2.05, 4.69) is 15.3 Å². The van der Waals surface area contributed by atoms with Crippen molar-refractivity contribution in [1.29, 1.82) is 0 Å². The fourth-order valence-electron chi connectivity index (χ4n) is 4.55. The van der Waals surface area contributed by atoms with Crippen LogP contribution in [0.3, 0.4) is 0 Å². The molecule has 27 heavy (non-hydrogen) atoms. The highest BCUT2D eigenvalue weighted by molar-refractivity contribution is 6.39. The largest absolute Gasteiger partial charge is 0.353 e. The first kappa shape index (κ1) is 14.6. The van der Waals surface area contributed by atoms with E-state index in [9.17, 15) is 9.59 Å². The Balaban J connectivity index is 2.03. The van der Waals surface area contributed by atoms with E-state index in [1.54, 1.807) is 0 Å². The lowest BCUT2D eigenvalue weighted by Gasteiger charge is -2.03. The first-order valence-electron chi connectivity index (χ1n) is 8.90. The zero-order valence-corrected chi connectivity index (χ0v) is 14.8. The molecule has 3 heterocycles. The molecule has 1 aliphatic heterocycles. The molecule has 3 aromatic carbocycles. The van der Waals surface area contributed by atoms with Gasteiger partial charge in [-0.1, -0.05) is 36.4 Å². The van der Waals surface area contributed by atoms with Crippen LogP contribution in [0.5, 0.6) is 0 Å². The van der Waals surface area contributed by atoms with Gasteiger partial charge in [-0.05, 0) is 25.0 Å². The maximum Gasteiger partial charge on any atom is 0.259 e. The van der Waals surface area contributed by atoms with E-state index >= 15 is 0 Å². The van der Waals surface area contributed by atoms with Gasteiger partial charge in [0.15, 0.2) is 0 Å². The number of hydrogen-bond acceptors (Lipinski definition) is 2. The fraction of sp³-hybridized carbons (Fsp3) is 0.0909. The molecule has 0 spiro atoms. The van der Waals surface area contributed by atoms with E-state index in [4.69, 9.17) is 0 Å². The summed E-state index contributed by atoms with van der Waals surface area (Å²) in [6.45, 7) is 4.07. The van der Waals surface area contributed by atoms with E-state index in [0.29, 0.717) is 11.1 Å². The number of hydrogen-bond donors (Lipinski definition) is 3. The molecule has 3 N–H and O–H groups in total. The molecule has 0 aliphatic carbocycles. The lowest BCUT2D eigenvalue weighted by Crippen LogP contribution is -2.20. The summed E-state index contributed by atoms with van der Waals surface area (Å²) in [7, 11) is 0. The lowest BCUT2D eigenvalue weighted by atomic mass is 9.96. The van der Waals surface area contributed by atoms with Crippen molar-refractivity contribution in [3.8, 4) is 0 Å². The predicted molar refractivity (Wildman–Crippen MR) is 106 cm³/mol. The Morgan fingerprint density at radius 3 is 1.52 bits per heavy atom. The van der Waals surface area contributed by atoms with Gasteiger partial charge < -0.3 is 9.97 Å². The topological polar surface area (TPSA) is 77.8 Å². The average molecular weight is 353 g/mol. The van der Waals surface area contributed by atoms with Gasteiger partial charge in [0.2, 0.25) is 0 Å². The van der Waals surface area contributed by atoms with E-state index in [0.717, 1.165) is 54.7 Å². The summed E-state index contributed by atoms with van der Waals surface area (Å²) in [6, 6.07) is 12.0. The monoisotopic (exact) mass is 353 g/mol. The second-order valence-corrected chi connectivity index (χ2v) is 7.28. The Labute approximate surface area is 153 Å². The SMILES string of the molecule is Cc1cccc2c1[nH]c1c3[nH]c4c(C)cccc4c3c3c(c21)C(=O)NC3=O. The van der Waals surface area contributed by atoms with Gasteiger partial charge in [0, 0.05) is 32.6 Å². The Hall–Kier alpha value is -3.60. The number of aromatic nitrogens is 2. The number of benzene rings is 3. The van der Waals surface area contributed by atoms with Crippen molar-refractivity contribution in [3.63, 3.8) is 0 Å². The van der Waals surface area contributed by atoms with Crippen LogP contribution in [0.1, 0.15) is 31.8 Å². The number of carbonyl (C=O) groups excluding carboxylic acids is 2. The molecular weight excluding hydrogens is 338 g/mol. The highest BCUT2D eigenvalue weighted by Gasteiger charge is 2.34. The van der Waals surface area contributed by atoms with E-state index in [-0.39, 0.29) is 11.8 Å². The molecule has 0 saturated carbocycles. The number of fused-ring (bicyclic) bond motifs is 10. The van der Waals surface area contributed by atoms with Gasteiger partial charge in [0.25, 0.3) is 11.8 Å². The Bertz CT molecular complexity index is 1390. The Kier molecular flexibility index (Phi) is 2.46. The normalized spacial score (nSPS) is 14.0. The van der Waals surface area contributed by atoms with Crippen LogP contribution in [0.4, 0.5) is 0 Å². The Morgan fingerprint density at radius 1 is 0.630 bits per heavy atom. The molecule has 5 aromatic rings. The fourth-order valence-corrected chi connectivity index (χ4v) is 4.55. The van der Waals surface area contributed by atoms with Crippen LogP contribution < -0.4 is 5.32 Å². The van der Waals surface area contributed by atoms with Crippen LogP contribution in [-0.4, -0.2) is 21.8 Å². The molecule has 0 fully saturated rings. The van der Waals surface area contributed by atoms with Gasteiger partial charge in [0.05, 0.1) is 22.2 Å². The van der Waals surface area contributed by atoms with Crippen LogP contribution in [0.25, 0.3) is 43.6 Å². The molecule has 130 valence electrons. The van der Waals surface area contributed by atoms with Gasteiger partial charge in [-0.2, -0.15) is 0 Å². The molecule has 0 unspecified atom stereocenters. The number of nitrogens with one attached hydrogen (secondary N) is 3. The number of imide groups is 1. The molecule has 0 saturated heterocycles. The van der Waals surface area contributed by atoms with Crippen molar-refractivity contribution >= 4 is 55.4 Å². The maximum atomic E-state index is 12.7. The molecule has 0 radical (unpaired) electrons. The molecule has 5 nitrogen and oxygen atoms in total. The van der Waals surface area contributed by atoms with Crippen molar-refractivity contribution in [1.82, 2.24) is 15.3 Å². The van der Waals surface area contributed by atoms with E-state index < -0.39 is 0 Å². The van der Waals surface area contributed by atoms with E-state index in [1.165, 1.54) is 0 Å². The first-order chi connectivity index (χ1) is 13.1. The summed E-state index contributed by atoms with van der Waals surface area (Å²) in [5.74, 6) is -0.655. The quantitative estimate of drug-likeness (QED) is 0.360. The summed E-state index contributed by atoms with van der Waals surface area (Å²) in [6.07, 6.45) is 0. The summed E-state index contributed by atoms with van der Waals surface area (Å²) in [5.41, 5.74) is 6.87. The van der Waals surface area contributed by atoms with Crippen LogP contribution in [0.2, 0.25) is 0 Å². The second-order valence-electron chi connectivity index (χ2n) is 7.28. The van der Waals surface area contributed by atoms with Crippen LogP contribution in [0.15, 0.2) is 36.4 Å². The summed E-state index contributed by atoms with van der Waals surface area (Å²) >= 11 is 0. The first-order valence-corrected chi connectivity index (χ1v) is 8.90. The third kappa shape index (κ3) is 1.60. The number of aryl methyl sites for hydroxylation is 2. The third-order valence-electron chi connectivity index (χ3n) is 5.77. The second kappa shape index (κ2) is 4.57. The summed E-state index contributed by atoms with van der Waals surface area (Å²) in [5, 5.41) is 6.04. The molecule has 2 amide bonds. The van der Waals surface area contributed by atoms with Crippen molar-refractivity contribution in [2.45, 2.75) is 13.8 Å². The number of aromatic amines is 2. The van der Waals surface area contributed by atoms with Crippen molar-refractivity contribution < 1.29 is 9.59 Å². The lowest BCUT2D eigenvalue weighted by molar-refractivity contribution is 0.0880. The average Bonchev–Trinajstić information content (AvgIpc) is 3.28. The minimum Gasteiger partial charge on any atom is -0.353 e. The van der Waals surface area contributed by atoms with E-state index in [1.807, 2.05) is 50.2 Å². The maximum absolute atomic E-state index is 12.7. The van der Waals surface area contributed by atoms with Crippen LogP contribution >= 0.6 is 0 Å². The molecule has 5 heteroatoms. The summed E-state index contributed by atoms with van der Waals surface area (Å²) < 4.78 is 0. The van der Waals surface area contributed by atoms with Gasteiger partial charge >= 0.3 is 0 Å². The third-order valence-corrected chi connectivity index (χ3v) is 5.77. The zero-order valence-electron chi connectivity index (χ0n) is 14.8. The minimum atomic E-state index is -0.327. The van der Waals surface area contributed by atoms with Gasteiger partial charge in [-0.25, -0.2) is 0 Å². The minimum absolute atomic E-state index is 0.327. The van der Waals surface area contributed by atoms with Crippen molar-refractivity contribution in [2.75, 3.05) is 0 Å². The number of carbonyl (C=O) groups is 2. The smallest absolute Gasteiger partial charge is 0.259 e. The predicted octanol–water partition coefficient (Wildman–Crippen LogP) is 4.46. The molecule has 6 rings (SSSR count). The molecule has 2 aromatic heterocycles. The molecule has 1 aliphatic rings. The van der Waals surface area contributed by atoms with Crippen molar-refractivity contribution in [2.24, 2.45) is 0 Å². The van der Waals surface area contributed by atoms with Crippen LogP contribution in [-0.2, 0) is 0 Å². The Morgan fingerprint density at radius 2 is 1.07 bits per heavy atom. The molecular formula is C22H15N3O2. The number of amides is 2. The van der Waals surface area contributed by atoms with Crippen LogP contribution in [0, 0.1) is 13.8 Å². The standard InChI is InChI=1S/C22H15N3O2/c1-9-5-3-7-11-13-15-16(22(27)25-21(15)26)14-12-8-4-6-10(2)18(12)24-20(14)19(13)23-17(9)11/h3-8,23-24H,1-2H3,(H,25,26,27).